The number of aromatic nitrogens is 1. The van der Waals surface area contributed by atoms with Crippen molar-refractivity contribution in [3.63, 3.8) is 0 Å². The summed E-state index contributed by atoms with van der Waals surface area (Å²) in [6, 6.07) is 8.71. The third-order valence-electron chi connectivity index (χ3n) is 8.57. The van der Waals surface area contributed by atoms with Gasteiger partial charge in [0, 0.05) is 17.5 Å². The third kappa shape index (κ3) is 4.63. The van der Waals surface area contributed by atoms with Crippen molar-refractivity contribution >= 4 is 30.2 Å². The van der Waals surface area contributed by atoms with Gasteiger partial charge in [0.25, 0.3) is 0 Å². The number of aryl methyl sites for hydroxylation is 2. The van der Waals surface area contributed by atoms with Crippen molar-refractivity contribution in [1.29, 1.82) is 0 Å². The number of carbonyl (C=O) groups is 1. The predicted molar refractivity (Wildman–Crippen MR) is 132 cm³/mol. The molecule has 0 saturated heterocycles. The zero-order chi connectivity index (χ0) is 24.1. The Bertz CT molecular complexity index is 1120. The molecule has 5 rings (SSSR count). The lowest BCUT2D eigenvalue weighted by atomic mass is 9.54. The molecule has 2 aromatic rings. The van der Waals surface area contributed by atoms with Gasteiger partial charge in [-0.05, 0) is 85.7 Å². The lowest BCUT2D eigenvalue weighted by Gasteiger charge is -2.51. The molecular weight excluding hydrogens is 471 g/mol. The van der Waals surface area contributed by atoms with Crippen molar-refractivity contribution in [2.75, 3.05) is 5.32 Å². The molecule has 4 unspecified atom stereocenters. The fourth-order valence-corrected chi connectivity index (χ4v) is 8.63. The van der Waals surface area contributed by atoms with Crippen LogP contribution >= 0.6 is 19.2 Å². The van der Waals surface area contributed by atoms with Crippen LogP contribution in [0.5, 0.6) is 0 Å². The quantitative estimate of drug-likeness (QED) is 0.453. The first kappa shape index (κ1) is 24.1. The molecule has 3 N–H and O–H groups in total. The summed E-state index contributed by atoms with van der Waals surface area (Å²) >= 11 is 1.46. The van der Waals surface area contributed by atoms with Crippen molar-refractivity contribution in [2.45, 2.75) is 70.8 Å². The number of hydrogen-bond acceptors (Lipinski definition) is 5. The van der Waals surface area contributed by atoms with E-state index in [2.05, 4.69) is 41.5 Å². The Morgan fingerprint density at radius 2 is 2.12 bits per heavy atom. The topological polar surface area (TPSA) is 109 Å². The maximum Gasteiger partial charge on any atom is 0.469 e. The van der Waals surface area contributed by atoms with Gasteiger partial charge in [0.2, 0.25) is 5.91 Å². The Balaban J connectivity index is 1.38. The summed E-state index contributed by atoms with van der Waals surface area (Å²) in [6.07, 6.45) is 6.87. The third-order valence-corrected chi connectivity index (χ3v) is 9.93. The predicted octanol–water partition coefficient (Wildman–Crippen LogP) is 5.43. The minimum atomic E-state index is -4.60. The summed E-state index contributed by atoms with van der Waals surface area (Å²) in [4.78, 5) is 37.2. The van der Waals surface area contributed by atoms with E-state index in [-0.39, 0.29) is 23.2 Å². The molecule has 184 valence electrons. The van der Waals surface area contributed by atoms with E-state index in [1.807, 2.05) is 6.92 Å². The lowest BCUT2D eigenvalue weighted by molar-refractivity contribution is -0.116. The van der Waals surface area contributed by atoms with E-state index in [4.69, 9.17) is 4.52 Å². The number of nitrogens with one attached hydrogen (secondary N) is 1. The van der Waals surface area contributed by atoms with E-state index in [9.17, 15) is 19.1 Å². The van der Waals surface area contributed by atoms with E-state index in [1.165, 1.54) is 22.5 Å². The highest BCUT2D eigenvalue weighted by Gasteiger charge is 2.60. The van der Waals surface area contributed by atoms with Gasteiger partial charge in [-0.3, -0.25) is 9.32 Å². The van der Waals surface area contributed by atoms with Crippen LogP contribution in [-0.4, -0.2) is 26.8 Å². The van der Waals surface area contributed by atoms with Crippen LogP contribution in [0.1, 0.15) is 67.4 Å². The molecule has 1 amide bonds. The number of thiazole rings is 1. The SMILES string of the molecule is Cc1cnc(NC(=O)CCC2C[C@H](OP(=O)(O)O)[C@@]3(C)CCC4c5ccccc5CCC4C23)s1. The molecule has 0 spiro atoms. The summed E-state index contributed by atoms with van der Waals surface area (Å²) in [5.74, 6) is 1.30. The number of amides is 1. The van der Waals surface area contributed by atoms with Gasteiger partial charge in [0.05, 0.1) is 6.10 Å². The van der Waals surface area contributed by atoms with E-state index in [1.54, 1.807) is 6.20 Å². The molecule has 6 atom stereocenters. The molecule has 34 heavy (non-hydrogen) atoms. The molecule has 1 heterocycles. The number of anilines is 1. The first-order valence-corrected chi connectivity index (χ1v) is 14.5. The Morgan fingerprint density at radius 3 is 2.85 bits per heavy atom. The number of rotatable bonds is 6. The summed E-state index contributed by atoms with van der Waals surface area (Å²) in [6.45, 7) is 4.11. The molecule has 0 radical (unpaired) electrons. The second-order valence-corrected chi connectivity index (χ2v) is 12.9. The number of fused-ring (bicyclic) bond motifs is 5. The fraction of sp³-hybridized carbons (Fsp3) is 0.600. The van der Waals surface area contributed by atoms with E-state index >= 15 is 0 Å². The van der Waals surface area contributed by atoms with Crippen molar-refractivity contribution in [3.8, 4) is 0 Å². The molecule has 1 aromatic heterocycles. The van der Waals surface area contributed by atoms with Crippen LogP contribution in [0.4, 0.5) is 5.13 Å². The maximum absolute atomic E-state index is 12.7. The van der Waals surface area contributed by atoms with Crippen molar-refractivity contribution < 1.29 is 23.7 Å². The molecule has 3 aliphatic rings. The maximum atomic E-state index is 12.7. The van der Waals surface area contributed by atoms with Crippen LogP contribution in [0.2, 0.25) is 0 Å². The second-order valence-electron chi connectivity index (χ2n) is 10.5. The van der Waals surface area contributed by atoms with Crippen LogP contribution in [0.15, 0.2) is 30.5 Å². The fourth-order valence-electron chi connectivity index (χ4n) is 7.29. The van der Waals surface area contributed by atoms with Crippen molar-refractivity contribution in [1.82, 2.24) is 4.98 Å². The Kier molecular flexibility index (Phi) is 6.49. The standard InChI is InChI=1S/C25H33N2O5PS/c1-15-14-26-24(34-15)27-22(28)10-8-17-13-21(32-33(29,30)31)25(2)12-11-19-18-6-4-3-5-16(18)7-9-20(19)23(17)25/h3-6,14,17,19-21,23H,7-13H2,1-2H3,(H,26,27,28)(H2,29,30,31)/t17?,19?,20?,21-,23?,25+/m0/s1. The van der Waals surface area contributed by atoms with Gasteiger partial charge in [-0.25, -0.2) is 9.55 Å². The average molecular weight is 505 g/mol. The largest absolute Gasteiger partial charge is 0.469 e. The van der Waals surface area contributed by atoms with Gasteiger partial charge in [-0.15, -0.1) is 11.3 Å². The monoisotopic (exact) mass is 504 g/mol. The van der Waals surface area contributed by atoms with Crippen LogP contribution in [0, 0.1) is 30.1 Å². The molecule has 0 aliphatic heterocycles. The Hall–Kier alpha value is -1.57. The van der Waals surface area contributed by atoms with E-state index < -0.39 is 13.9 Å². The van der Waals surface area contributed by atoms with Crippen LogP contribution in [0.3, 0.4) is 0 Å². The van der Waals surface area contributed by atoms with Crippen LogP contribution < -0.4 is 5.32 Å². The highest BCUT2D eigenvalue weighted by molar-refractivity contribution is 7.46. The number of phosphoric ester groups is 1. The summed E-state index contributed by atoms with van der Waals surface area (Å²) in [7, 11) is -4.60. The zero-order valence-electron chi connectivity index (χ0n) is 19.6. The highest BCUT2D eigenvalue weighted by atomic mass is 32.1. The van der Waals surface area contributed by atoms with Gasteiger partial charge in [0.15, 0.2) is 5.13 Å². The normalized spacial score (nSPS) is 32.5. The molecular formula is C25H33N2O5PS. The van der Waals surface area contributed by atoms with Gasteiger partial charge < -0.3 is 15.1 Å². The van der Waals surface area contributed by atoms with Gasteiger partial charge in [-0.1, -0.05) is 31.2 Å². The molecule has 2 saturated carbocycles. The van der Waals surface area contributed by atoms with E-state index in [0.717, 1.165) is 30.6 Å². The Morgan fingerprint density at radius 1 is 1.32 bits per heavy atom. The molecule has 7 nitrogen and oxygen atoms in total. The molecule has 9 heteroatoms. The minimum absolute atomic E-state index is 0.0586. The van der Waals surface area contributed by atoms with Gasteiger partial charge >= 0.3 is 7.82 Å². The lowest BCUT2D eigenvalue weighted by Crippen LogP contribution is -2.45. The number of phosphoric acid groups is 1. The average Bonchev–Trinajstić information content (AvgIpc) is 3.31. The molecule has 0 bridgehead atoms. The molecule has 1 aromatic carbocycles. The number of nitrogens with zero attached hydrogens (tertiary/aromatic N) is 1. The number of hydrogen-bond donors (Lipinski definition) is 3. The summed E-state index contributed by atoms with van der Waals surface area (Å²) < 4.78 is 17.2. The highest BCUT2D eigenvalue weighted by Crippen LogP contribution is 2.65. The smallest absolute Gasteiger partial charge is 0.303 e. The van der Waals surface area contributed by atoms with Crippen molar-refractivity contribution in [3.05, 3.63) is 46.5 Å². The van der Waals surface area contributed by atoms with Gasteiger partial charge in [0.1, 0.15) is 0 Å². The van der Waals surface area contributed by atoms with Crippen molar-refractivity contribution in [2.24, 2.45) is 23.2 Å². The second kappa shape index (κ2) is 9.14. The molecule has 2 fully saturated rings. The molecule has 3 aliphatic carbocycles. The number of carbonyl (C=O) groups excluding carboxylic acids is 1. The van der Waals surface area contributed by atoms with Crippen LogP contribution in [0.25, 0.3) is 0 Å². The first-order chi connectivity index (χ1) is 16.1. The zero-order valence-corrected chi connectivity index (χ0v) is 21.4. The minimum Gasteiger partial charge on any atom is -0.303 e. The Labute approximate surface area is 204 Å². The van der Waals surface area contributed by atoms with Gasteiger partial charge in [-0.2, -0.15) is 0 Å². The van der Waals surface area contributed by atoms with Crippen LogP contribution in [-0.2, 0) is 20.3 Å². The summed E-state index contributed by atoms with van der Waals surface area (Å²) in [5, 5.41) is 3.51. The van der Waals surface area contributed by atoms with E-state index in [0.29, 0.717) is 36.2 Å². The number of benzene rings is 1. The first-order valence-electron chi connectivity index (χ1n) is 12.2. The summed E-state index contributed by atoms with van der Waals surface area (Å²) in [5.41, 5.74) is 2.57.